The van der Waals surface area contributed by atoms with E-state index < -0.39 is 0 Å². The number of aryl methyl sites for hydroxylation is 1. The van der Waals surface area contributed by atoms with Crippen molar-refractivity contribution in [3.8, 4) is 0 Å². The second-order valence-corrected chi connectivity index (χ2v) is 10.5. The lowest BCUT2D eigenvalue weighted by atomic mass is 9.83. The van der Waals surface area contributed by atoms with Crippen LogP contribution in [0.25, 0.3) is 5.76 Å². The molecule has 6 rings (SSSR count). The fraction of sp³-hybridized carbons (Fsp3) is 0.333. The van der Waals surface area contributed by atoms with Crippen LogP contribution in [0.15, 0.2) is 89.7 Å². The minimum Gasteiger partial charge on any atom is -0.460 e. The molecule has 2 heterocycles. The molecule has 178 valence electrons. The van der Waals surface area contributed by atoms with Crippen LogP contribution in [0.3, 0.4) is 0 Å². The Morgan fingerprint density at radius 1 is 1.03 bits per heavy atom. The van der Waals surface area contributed by atoms with Gasteiger partial charge in [0, 0.05) is 28.8 Å². The third-order valence-electron chi connectivity index (χ3n) is 8.40. The summed E-state index contributed by atoms with van der Waals surface area (Å²) in [7, 11) is 0. The van der Waals surface area contributed by atoms with E-state index in [1.807, 2.05) is 0 Å². The zero-order chi connectivity index (χ0) is 23.9. The summed E-state index contributed by atoms with van der Waals surface area (Å²) in [4.78, 5) is 3.90. The Morgan fingerprint density at radius 3 is 2.57 bits per heavy atom. The number of nitrogens with one attached hydrogen (secondary N) is 1. The number of ether oxygens (including phenoxy) is 1. The molecule has 0 saturated carbocycles. The first kappa shape index (κ1) is 22.2. The first-order valence-corrected chi connectivity index (χ1v) is 13.2. The van der Waals surface area contributed by atoms with Gasteiger partial charge in [0.2, 0.25) is 0 Å². The van der Waals surface area contributed by atoms with Crippen LogP contribution in [-0.2, 0) is 17.6 Å². The van der Waals surface area contributed by atoms with Gasteiger partial charge in [0.1, 0.15) is 11.5 Å². The predicted octanol–water partition coefficient (Wildman–Crippen LogP) is 8.44. The van der Waals surface area contributed by atoms with Gasteiger partial charge < -0.3 is 9.72 Å². The van der Waals surface area contributed by atoms with E-state index >= 15 is 0 Å². The van der Waals surface area contributed by atoms with Gasteiger partial charge in [0.05, 0.1) is 5.92 Å². The highest BCUT2D eigenvalue weighted by atomic mass is 16.5. The molecule has 0 fully saturated rings. The quantitative estimate of drug-likeness (QED) is 0.391. The Morgan fingerprint density at radius 2 is 1.83 bits per heavy atom. The number of fused-ring (bicyclic) bond motifs is 2. The van der Waals surface area contributed by atoms with E-state index in [9.17, 15) is 0 Å². The minimum absolute atomic E-state index is 0.327. The van der Waals surface area contributed by atoms with E-state index in [1.165, 1.54) is 64.1 Å². The lowest BCUT2D eigenvalue weighted by Gasteiger charge is -2.23. The summed E-state index contributed by atoms with van der Waals surface area (Å²) in [6.07, 6.45) is 10.3. The molecular formula is C33H35NO. The molecule has 0 spiro atoms. The minimum atomic E-state index is 0.327. The number of benzene rings is 2. The van der Waals surface area contributed by atoms with E-state index in [2.05, 4.69) is 98.6 Å². The van der Waals surface area contributed by atoms with Gasteiger partial charge in [0.25, 0.3) is 0 Å². The second kappa shape index (κ2) is 9.07. The van der Waals surface area contributed by atoms with Crippen molar-refractivity contribution in [3.05, 3.63) is 123 Å². The normalized spacial score (nSPS) is 21.8. The van der Waals surface area contributed by atoms with Crippen molar-refractivity contribution < 1.29 is 4.74 Å². The van der Waals surface area contributed by atoms with E-state index in [-0.39, 0.29) is 0 Å². The largest absolute Gasteiger partial charge is 0.460 e. The number of rotatable bonds is 6. The molecule has 35 heavy (non-hydrogen) atoms. The highest BCUT2D eigenvalue weighted by Crippen LogP contribution is 2.43. The van der Waals surface area contributed by atoms with E-state index in [1.54, 1.807) is 0 Å². The molecule has 2 heteroatoms. The fourth-order valence-electron chi connectivity index (χ4n) is 6.14. The Kier molecular flexibility index (Phi) is 5.76. The molecule has 0 bridgehead atoms. The van der Waals surface area contributed by atoms with Crippen LogP contribution < -0.4 is 0 Å². The lowest BCUT2D eigenvalue weighted by molar-refractivity contribution is 0.381. The van der Waals surface area contributed by atoms with Crippen molar-refractivity contribution in [2.75, 3.05) is 0 Å². The van der Waals surface area contributed by atoms with Gasteiger partial charge in [-0.05, 0) is 86.4 Å². The van der Waals surface area contributed by atoms with Gasteiger partial charge in [-0.3, -0.25) is 0 Å². The highest BCUT2D eigenvalue weighted by molar-refractivity contribution is 5.67. The molecule has 1 aliphatic heterocycles. The lowest BCUT2D eigenvalue weighted by Crippen LogP contribution is -2.10. The molecule has 1 N–H and O–H groups in total. The molecule has 0 amide bonds. The van der Waals surface area contributed by atoms with Crippen molar-refractivity contribution in [2.24, 2.45) is 5.92 Å². The van der Waals surface area contributed by atoms with Crippen LogP contribution in [0.2, 0.25) is 0 Å². The predicted molar refractivity (Wildman–Crippen MR) is 144 cm³/mol. The maximum atomic E-state index is 6.19. The number of allylic oxidation sites excluding steroid dienone is 3. The van der Waals surface area contributed by atoms with Crippen LogP contribution in [0.5, 0.6) is 0 Å². The summed E-state index contributed by atoms with van der Waals surface area (Å²) < 4.78 is 6.19. The topological polar surface area (TPSA) is 25.0 Å². The van der Waals surface area contributed by atoms with Gasteiger partial charge in [-0.2, -0.15) is 0 Å². The number of aromatic nitrogens is 1. The van der Waals surface area contributed by atoms with Gasteiger partial charge in [-0.25, -0.2) is 0 Å². The van der Waals surface area contributed by atoms with Gasteiger partial charge in [-0.15, -0.1) is 0 Å². The molecular weight excluding hydrogens is 426 g/mol. The Hall–Kier alpha value is -3.26. The Labute approximate surface area is 209 Å². The van der Waals surface area contributed by atoms with Crippen LogP contribution in [0.4, 0.5) is 0 Å². The smallest absolute Gasteiger partial charge is 0.131 e. The summed E-state index contributed by atoms with van der Waals surface area (Å²) in [5.74, 6) is 3.41. The number of hydrogen-bond acceptors (Lipinski definition) is 1. The van der Waals surface area contributed by atoms with Crippen molar-refractivity contribution in [3.63, 3.8) is 0 Å². The number of hydrogen-bond donors (Lipinski definition) is 1. The monoisotopic (exact) mass is 461 g/mol. The number of aromatic amines is 1. The average molecular weight is 462 g/mol. The molecule has 3 aliphatic rings. The van der Waals surface area contributed by atoms with Crippen LogP contribution in [0.1, 0.15) is 85.5 Å². The molecule has 0 radical (unpaired) electrons. The molecule has 2 aromatic carbocycles. The van der Waals surface area contributed by atoms with E-state index in [4.69, 9.17) is 4.74 Å². The first-order valence-electron chi connectivity index (χ1n) is 13.2. The fourth-order valence-corrected chi connectivity index (χ4v) is 6.14. The molecule has 1 aromatic heterocycles. The van der Waals surface area contributed by atoms with Crippen LogP contribution in [-0.4, -0.2) is 4.98 Å². The van der Waals surface area contributed by atoms with Crippen molar-refractivity contribution in [2.45, 2.75) is 64.7 Å². The van der Waals surface area contributed by atoms with Crippen molar-refractivity contribution >= 4 is 5.76 Å². The van der Waals surface area contributed by atoms with Gasteiger partial charge in [-0.1, -0.05) is 67.1 Å². The Balaban J connectivity index is 1.19. The molecule has 3 unspecified atom stereocenters. The third kappa shape index (κ3) is 4.10. The maximum absolute atomic E-state index is 6.19. The zero-order valence-corrected chi connectivity index (χ0v) is 21.1. The van der Waals surface area contributed by atoms with E-state index in [0.29, 0.717) is 17.8 Å². The summed E-state index contributed by atoms with van der Waals surface area (Å²) in [6, 6.07) is 22.5. The second-order valence-electron chi connectivity index (χ2n) is 10.5. The highest BCUT2D eigenvalue weighted by Gasteiger charge is 2.30. The Bertz CT molecular complexity index is 1320. The zero-order valence-electron chi connectivity index (χ0n) is 21.1. The van der Waals surface area contributed by atoms with Crippen LogP contribution >= 0.6 is 0 Å². The average Bonchev–Trinajstić information content (AvgIpc) is 3.58. The maximum Gasteiger partial charge on any atom is 0.131 e. The molecule has 2 nitrogen and oxygen atoms in total. The summed E-state index contributed by atoms with van der Waals surface area (Å²) >= 11 is 0. The van der Waals surface area contributed by atoms with Crippen LogP contribution in [0, 0.1) is 5.92 Å². The summed E-state index contributed by atoms with van der Waals surface area (Å²) in [6.45, 7) is 6.69. The van der Waals surface area contributed by atoms with Gasteiger partial charge >= 0.3 is 0 Å². The van der Waals surface area contributed by atoms with Gasteiger partial charge in [0.15, 0.2) is 0 Å². The molecule has 3 aromatic rings. The standard InChI is InChI=1S/C33H35NO/c1-4-24(30-19-27-11-8-12-28(33(27)34-30)25-9-6-5-7-10-25)18-23-13-15-26(16-14-23)31-20-29-22(3)21(2)17-32(29)35-31/h5-7,9-10,13-17,19-20,24,28-29,34H,4,8,11-12,18H2,1-3H3. The first-order chi connectivity index (χ1) is 17.1. The molecule has 0 saturated heterocycles. The third-order valence-corrected chi connectivity index (χ3v) is 8.40. The SMILES string of the molecule is CCC(Cc1ccc(C2=CC3C(=CC(C)=C3C)O2)cc1)c1cc2c([nH]1)C(c1ccccc1)CCC2. The summed E-state index contributed by atoms with van der Waals surface area (Å²) in [5.41, 5.74) is 11.1. The molecule has 2 aliphatic carbocycles. The summed E-state index contributed by atoms with van der Waals surface area (Å²) in [5, 5.41) is 0. The van der Waals surface area contributed by atoms with Crippen molar-refractivity contribution in [1.82, 2.24) is 4.98 Å². The van der Waals surface area contributed by atoms with E-state index in [0.717, 1.165) is 24.4 Å². The number of H-pyrrole nitrogens is 1. The molecule has 3 atom stereocenters. The van der Waals surface area contributed by atoms with Crippen molar-refractivity contribution in [1.29, 1.82) is 0 Å².